The van der Waals surface area contributed by atoms with Gasteiger partial charge in [-0.3, -0.25) is 14.9 Å². The van der Waals surface area contributed by atoms with E-state index >= 15 is 0 Å². The molecule has 0 amide bonds. The lowest BCUT2D eigenvalue weighted by molar-refractivity contribution is -0.385. The van der Waals surface area contributed by atoms with Crippen LogP contribution in [-0.4, -0.2) is 27.6 Å². The van der Waals surface area contributed by atoms with Gasteiger partial charge in [-0.1, -0.05) is 36.4 Å². The van der Waals surface area contributed by atoms with Crippen LogP contribution >= 0.6 is 0 Å². The largest absolute Gasteiger partial charge is 0.481 e. The van der Waals surface area contributed by atoms with Crippen molar-refractivity contribution in [3.05, 3.63) is 122 Å². The molecule has 0 spiro atoms. The van der Waals surface area contributed by atoms with E-state index in [2.05, 4.69) is 10.1 Å². The fraction of sp³-hybridized carbons (Fsp3) is 0.100. The van der Waals surface area contributed by atoms with Crippen molar-refractivity contribution < 1.29 is 32.3 Å². The van der Waals surface area contributed by atoms with Crippen molar-refractivity contribution in [1.29, 1.82) is 0 Å². The summed E-state index contributed by atoms with van der Waals surface area (Å²) in [6.45, 7) is 0.00515. The summed E-state index contributed by atoms with van der Waals surface area (Å²) < 4.78 is 57.9. The topological polar surface area (TPSA) is 118 Å². The van der Waals surface area contributed by atoms with Gasteiger partial charge < -0.3 is 14.2 Å². The lowest BCUT2D eigenvalue weighted by Crippen LogP contribution is -2.20. The Labute approximate surface area is 240 Å². The number of hydrogen-bond acceptors (Lipinski definition) is 8. The maximum Gasteiger partial charge on any atom is 0.416 e. The van der Waals surface area contributed by atoms with Gasteiger partial charge in [-0.05, 0) is 48.0 Å². The summed E-state index contributed by atoms with van der Waals surface area (Å²) in [5.74, 6) is 0.791. The van der Waals surface area contributed by atoms with Crippen molar-refractivity contribution in [2.75, 3.05) is 6.79 Å². The van der Waals surface area contributed by atoms with E-state index in [0.29, 0.717) is 17.1 Å². The molecule has 0 N–H and O–H groups in total. The molecule has 1 aliphatic rings. The van der Waals surface area contributed by atoms with Gasteiger partial charge in [0.1, 0.15) is 6.61 Å². The molecule has 0 atom stereocenters. The number of rotatable bonds is 7. The monoisotopic (exact) mass is 588 g/mol. The second-order valence-electron chi connectivity index (χ2n) is 9.32. The number of ether oxygens (including phenoxy) is 3. The Hall–Kier alpha value is -5.72. The molecule has 4 aromatic carbocycles. The molecule has 5 aromatic rings. The number of benzene rings is 4. The molecule has 0 unspecified atom stereocenters. The number of nitro groups is 1. The summed E-state index contributed by atoms with van der Waals surface area (Å²) in [5.41, 5.74) is -0.894. The van der Waals surface area contributed by atoms with Crippen molar-refractivity contribution >= 4 is 22.8 Å². The first-order valence-electron chi connectivity index (χ1n) is 12.7. The molecule has 10 nitrogen and oxygen atoms in total. The lowest BCUT2D eigenvalue weighted by Gasteiger charge is -2.13. The Kier molecular flexibility index (Phi) is 6.98. The van der Waals surface area contributed by atoms with Gasteiger partial charge >= 0.3 is 11.9 Å². The van der Waals surface area contributed by atoms with Gasteiger partial charge in [0.25, 0.3) is 5.56 Å². The average Bonchev–Trinajstić information content (AvgIpc) is 3.47. The van der Waals surface area contributed by atoms with E-state index in [0.717, 1.165) is 23.0 Å². The fourth-order valence-electron chi connectivity index (χ4n) is 4.50. The Morgan fingerprint density at radius 2 is 1.79 bits per heavy atom. The van der Waals surface area contributed by atoms with Crippen molar-refractivity contribution in [3.63, 3.8) is 0 Å². The second-order valence-corrected chi connectivity index (χ2v) is 9.32. The number of halogens is 3. The summed E-state index contributed by atoms with van der Waals surface area (Å²) in [6.07, 6.45) is -3.47. The molecule has 1 aliphatic heterocycles. The van der Waals surface area contributed by atoms with Crippen LogP contribution in [0.3, 0.4) is 0 Å². The van der Waals surface area contributed by atoms with Gasteiger partial charge in [0.2, 0.25) is 12.5 Å². The van der Waals surface area contributed by atoms with Gasteiger partial charge in [-0.15, -0.1) is 0 Å². The first-order chi connectivity index (χ1) is 20.7. The molecule has 216 valence electrons. The standard InChI is InChI=1S/C30H19F3N4O6/c31-30(32,33)21-7-3-5-19(14-21)28-35-23-9-2-1-8-22(23)29(38)36(28)34-15-20-6-4-10-24(37(39)40)27(20)41-16-18-11-12-25-26(13-18)43-17-42-25/h1-15H,16-17H2. The Balaban J connectivity index is 1.43. The molecule has 43 heavy (non-hydrogen) atoms. The first-order valence-corrected chi connectivity index (χ1v) is 12.7. The van der Waals surface area contributed by atoms with Crippen LogP contribution in [-0.2, 0) is 12.8 Å². The summed E-state index contributed by atoms with van der Waals surface area (Å²) in [4.78, 5) is 29.2. The zero-order valence-electron chi connectivity index (χ0n) is 21.9. The number of nitrogens with zero attached hydrogens (tertiary/aromatic N) is 4. The predicted octanol–water partition coefficient (Wildman–Crippen LogP) is 6.18. The molecule has 2 heterocycles. The fourth-order valence-corrected chi connectivity index (χ4v) is 4.50. The SMILES string of the molecule is O=c1c2ccccc2nc(-c2cccc(C(F)(F)F)c2)n1N=Cc1cccc([N+](=O)[O-])c1OCc1ccc2c(c1)OCO2. The van der Waals surface area contributed by atoms with Crippen LogP contribution in [0.1, 0.15) is 16.7 Å². The highest BCUT2D eigenvalue weighted by atomic mass is 19.4. The van der Waals surface area contributed by atoms with Crippen LogP contribution in [0.4, 0.5) is 18.9 Å². The molecule has 6 rings (SSSR count). The average molecular weight is 588 g/mol. The zero-order chi connectivity index (χ0) is 30.1. The molecule has 0 saturated carbocycles. The highest BCUT2D eigenvalue weighted by Crippen LogP contribution is 2.35. The van der Waals surface area contributed by atoms with Gasteiger partial charge in [0, 0.05) is 17.2 Å². The van der Waals surface area contributed by atoms with Crippen LogP contribution in [0.15, 0.2) is 94.8 Å². The minimum atomic E-state index is -4.63. The Morgan fingerprint density at radius 1 is 1.00 bits per heavy atom. The van der Waals surface area contributed by atoms with Crippen LogP contribution in [0, 0.1) is 10.1 Å². The third-order valence-electron chi connectivity index (χ3n) is 6.56. The summed E-state index contributed by atoms with van der Waals surface area (Å²) in [7, 11) is 0. The van der Waals surface area contributed by atoms with E-state index < -0.39 is 22.2 Å². The summed E-state index contributed by atoms with van der Waals surface area (Å²) in [6, 6.07) is 20.0. The van der Waals surface area contributed by atoms with Crippen molar-refractivity contribution in [2.45, 2.75) is 12.8 Å². The van der Waals surface area contributed by atoms with Crippen LogP contribution < -0.4 is 19.8 Å². The van der Waals surface area contributed by atoms with Crippen LogP contribution in [0.5, 0.6) is 17.2 Å². The highest BCUT2D eigenvalue weighted by molar-refractivity contribution is 5.86. The Morgan fingerprint density at radius 3 is 2.60 bits per heavy atom. The number of nitro benzene ring substituents is 1. The smallest absolute Gasteiger partial charge is 0.416 e. The molecule has 0 bridgehead atoms. The summed E-state index contributed by atoms with van der Waals surface area (Å²) in [5, 5.41) is 16.3. The molecule has 0 fully saturated rings. The minimum absolute atomic E-state index is 0.00634. The van der Waals surface area contributed by atoms with Crippen molar-refractivity contribution in [2.24, 2.45) is 5.10 Å². The van der Waals surface area contributed by atoms with Crippen molar-refractivity contribution in [1.82, 2.24) is 9.66 Å². The minimum Gasteiger partial charge on any atom is -0.481 e. The third-order valence-corrected chi connectivity index (χ3v) is 6.56. The van der Waals surface area contributed by atoms with Gasteiger partial charge in [0.15, 0.2) is 17.3 Å². The van der Waals surface area contributed by atoms with Crippen molar-refractivity contribution in [3.8, 4) is 28.6 Å². The Bertz CT molecular complexity index is 1970. The number of alkyl halides is 3. The maximum atomic E-state index is 13.5. The van der Waals surface area contributed by atoms with Gasteiger partial charge in [-0.25, -0.2) is 4.98 Å². The first kappa shape index (κ1) is 27.4. The molecule has 13 heteroatoms. The predicted molar refractivity (Wildman–Crippen MR) is 149 cm³/mol. The van der Waals surface area contributed by atoms with Crippen LogP contribution in [0.25, 0.3) is 22.3 Å². The molecule has 1 aromatic heterocycles. The molecule has 0 saturated heterocycles. The number of fused-ring (bicyclic) bond motifs is 2. The molecule has 0 aliphatic carbocycles. The van der Waals surface area contributed by atoms with E-state index in [1.165, 1.54) is 36.4 Å². The van der Waals surface area contributed by atoms with E-state index in [1.54, 1.807) is 36.4 Å². The van der Waals surface area contributed by atoms with E-state index in [1.807, 2.05) is 0 Å². The lowest BCUT2D eigenvalue weighted by atomic mass is 10.1. The molecule has 0 radical (unpaired) electrons. The number of hydrogen-bond donors (Lipinski definition) is 0. The molecular formula is C30H19F3N4O6. The normalized spacial score (nSPS) is 12.6. The third kappa shape index (κ3) is 5.47. The highest BCUT2D eigenvalue weighted by Gasteiger charge is 2.31. The quantitative estimate of drug-likeness (QED) is 0.127. The summed E-state index contributed by atoms with van der Waals surface area (Å²) >= 11 is 0. The van der Waals surface area contributed by atoms with Crippen LogP contribution in [0.2, 0.25) is 0 Å². The number of aromatic nitrogens is 2. The number of para-hydroxylation sites is 2. The molecular weight excluding hydrogens is 569 g/mol. The maximum absolute atomic E-state index is 13.5. The second kappa shape index (κ2) is 10.9. The van der Waals surface area contributed by atoms with Gasteiger partial charge in [0.05, 0.1) is 27.6 Å². The van der Waals surface area contributed by atoms with E-state index in [9.17, 15) is 28.1 Å². The van der Waals surface area contributed by atoms with E-state index in [4.69, 9.17) is 14.2 Å². The van der Waals surface area contributed by atoms with E-state index in [-0.39, 0.29) is 52.7 Å². The zero-order valence-corrected chi connectivity index (χ0v) is 21.9. The van der Waals surface area contributed by atoms with Gasteiger partial charge in [-0.2, -0.15) is 22.9 Å².